The van der Waals surface area contributed by atoms with Gasteiger partial charge in [-0.2, -0.15) is 0 Å². The van der Waals surface area contributed by atoms with Gasteiger partial charge in [0.2, 0.25) is 5.43 Å². The summed E-state index contributed by atoms with van der Waals surface area (Å²) in [6, 6.07) is 6.64. The Kier molecular flexibility index (Phi) is 4.32. The molecular weight excluding hydrogens is 342 g/mol. The van der Waals surface area contributed by atoms with E-state index < -0.39 is 28.9 Å². The number of fused-ring (bicyclic) bond motifs is 1. The van der Waals surface area contributed by atoms with E-state index >= 15 is 0 Å². The van der Waals surface area contributed by atoms with Crippen LogP contribution < -0.4 is 10.7 Å². The number of phenols is 3. The lowest BCUT2D eigenvalue weighted by Gasteiger charge is -2.13. The lowest BCUT2D eigenvalue weighted by molar-refractivity contribution is -0.109. The molecular formula is C18H13NO7. The molecule has 0 aliphatic heterocycles. The Morgan fingerprint density at radius 1 is 1.08 bits per heavy atom. The molecule has 0 spiro atoms. The van der Waals surface area contributed by atoms with Gasteiger partial charge in [-0.05, 0) is 23.8 Å². The third-order valence-corrected chi connectivity index (χ3v) is 3.79. The number of carbonyl (C=O) groups excluding carboxylic acids is 2. The summed E-state index contributed by atoms with van der Waals surface area (Å²) in [5, 5.41) is 30.5. The van der Waals surface area contributed by atoms with Gasteiger partial charge in [0, 0.05) is 6.07 Å². The number of benzene rings is 2. The molecule has 0 radical (unpaired) electrons. The number of nitrogens with one attached hydrogen (secondary N) is 1. The molecule has 0 aliphatic rings. The molecule has 1 amide bonds. The molecule has 3 rings (SSSR count). The van der Waals surface area contributed by atoms with Crippen molar-refractivity contribution in [3.8, 4) is 17.2 Å². The third-order valence-electron chi connectivity index (χ3n) is 3.79. The minimum atomic E-state index is -1.04. The second-order valence-corrected chi connectivity index (χ2v) is 5.49. The average molecular weight is 355 g/mol. The second-order valence-electron chi connectivity index (χ2n) is 5.49. The van der Waals surface area contributed by atoms with E-state index in [1.165, 1.54) is 24.3 Å². The number of aromatic hydroxyl groups is 3. The summed E-state index contributed by atoms with van der Waals surface area (Å²) in [5.74, 6) is -1.84. The van der Waals surface area contributed by atoms with Crippen LogP contribution in [0.1, 0.15) is 22.0 Å². The molecule has 1 atom stereocenters. The molecule has 0 fully saturated rings. The van der Waals surface area contributed by atoms with Crippen molar-refractivity contribution in [3.05, 3.63) is 64.0 Å². The Labute approximate surface area is 145 Å². The zero-order chi connectivity index (χ0) is 18.8. The van der Waals surface area contributed by atoms with Gasteiger partial charge in [-0.1, -0.05) is 12.1 Å². The number of phenolic OH excluding ortho intramolecular Hbond substituents is 3. The van der Waals surface area contributed by atoms with Gasteiger partial charge in [0.1, 0.15) is 35.5 Å². The molecule has 8 heteroatoms. The number of aldehydes is 1. The highest BCUT2D eigenvalue weighted by Crippen LogP contribution is 2.28. The van der Waals surface area contributed by atoms with Crippen LogP contribution in [0.25, 0.3) is 11.0 Å². The van der Waals surface area contributed by atoms with Crippen LogP contribution in [0.4, 0.5) is 0 Å². The number of amides is 1. The lowest BCUT2D eigenvalue weighted by atomic mass is 10.1. The third kappa shape index (κ3) is 3.07. The summed E-state index contributed by atoms with van der Waals surface area (Å²) in [5.41, 5.74) is -0.686. The molecule has 8 nitrogen and oxygen atoms in total. The number of hydrogen-bond donors (Lipinski definition) is 4. The maximum Gasteiger partial charge on any atom is 0.259 e. The lowest BCUT2D eigenvalue weighted by Crippen LogP contribution is -2.32. The summed E-state index contributed by atoms with van der Waals surface area (Å²) in [4.78, 5) is 36.1. The molecule has 1 aromatic heterocycles. The van der Waals surface area contributed by atoms with Gasteiger partial charge in [0.05, 0.1) is 5.39 Å². The fourth-order valence-electron chi connectivity index (χ4n) is 2.41. The molecule has 0 saturated carbocycles. The van der Waals surface area contributed by atoms with Gasteiger partial charge < -0.3 is 29.8 Å². The predicted octanol–water partition coefficient (Wildman–Crippen LogP) is 1.58. The number of rotatable bonds is 4. The van der Waals surface area contributed by atoms with Gasteiger partial charge in [-0.25, -0.2) is 0 Å². The Morgan fingerprint density at radius 2 is 1.73 bits per heavy atom. The standard InChI is InChI=1S/C18H13NO7/c20-7-13(9-1-3-10(21)4-2-9)19-18(25)12-8-26-16-6-15(23)14(22)5-11(16)17(12)24/h1-8,13,21-23H,(H,19,25). The van der Waals surface area contributed by atoms with Crippen LogP contribution in [0.5, 0.6) is 17.2 Å². The van der Waals surface area contributed by atoms with E-state index in [4.69, 9.17) is 4.42 Å². The van der Waals surface area contributed by atoms with E-state index in [0.29, 0.717) is 11.8 Å². The predicted molar refractivity (Wildman–Crippen MR) is 90.2 cm³/mol. The molecule has 0 saturated heterocycles. The van der Waals surface area contributed by atoms with E-state index in [0.717, 1.165) is 18.4 Å². The molecule has 132 valence electrons. The molecule has 2 aromatic carbocycles. The molecule has 3 aromatic rings. The van der Waals surface area contributed by atoms with Crippen molar-refractivity contribution >= 4 is 23.2 Å². The van der Waals surface area contributed by atoms with Crippen LogP contribution in [0.3, 0.4) is 0 Å². The smallest absolute Gasteiger partial charge is 0.259 e. The monoisotopic (exact) mass is 355 g/mol. The summed E-state index contributed by atoms with van der Waals surface area (Å²) < 4.78 is 5.16. The topological polar surface area (TPSA) is 137 Å². The van der Waals surface area contributed by atoms with E-state index in [1.807, 2.05) is 0 Å². The molecule has 0 bridgehead atoms. The van der Waals surface area contributed by atoms with Crippen LogP contribution in [0.2, 0.25) is 0 Å². The number of hydrogen-bond acceptors (Lipinski definition) is 7. The SMILES string of the molecule is O=CC(NC(=O)c1coc2cc(O)c(O)cc2c1=O)c1ccc(O)cc1. The fourth-order valence-corrected chi connectivity index (χ4v) is 2.41. The summed E-state index contributed by atoms with van der Waals surface area (Å²) in [6.07, 6.45) is 1.39. The van der Waals surface area contributed by atoms with Crippen molar-refractivity contribution in [3.63, 3.8) is 0 Å². The highest BCUT2D eigenvalue weighted by atomic mass is 16.3. The van der Waals surface area contributed by atoms with Crippen LogP contribution in [-0.2, 0) is 4.79 Å². The molecule has 1 unspecified atom stereocenters. The molecule has 4 N–H and O–H groups in total. The molecule has 1 heterocycles. The van der Waals surface area contributed by atoms with E-state index in [-0.39, 0.29) is 22.3 Å². The van der Waals surface area contributed by atoms with Gasteiger partial charge in [-0.3, -0.25) is 9.59 Å². The van der Waals surface area contributed by atoms with Crippen LogP contribution in [0, 0.1) is 0 Å². The minimum Gasteiger partial charge on any atom is -0.508 e. The van der Waals surface area contributed by atoms with Gasteiger partial charge in [-0.15, -0.1) is 0 Å². The highest BCUT2D eigenvalue weighted by Gasteiger charge is 2.20. The largest absolute Gasteiger partial charge is 0.508 e. The Bertz CT molecular complexity index is 1050. The van der Waals surface area contributed by atoms with Crippen molar-refractivity contribution in [1.29, 1.82) is 0 Å². The second kappa shape index (κ2) is 6.60. The first-order valence-corrected chi connectivity index (χ1v) is 7.43. The quantitative estimate of drug-likeness (QED) is 0.412. The first-order chi connectivity index (χ1) is 12.4. The summed E-state index contributed by atoms with van der Waals surface area (Å²) >= 11 is 0. The first kappa shape index (κ1) is 17.0. The summed E-state index contributed by atoms with van der Waals surface area (Å²) in [6.45, 7) is 0. The van der Waals surface area contributed by atoms with Crippen LogP contribution in [0.15, 0.2) is 51.9 Å². The summed E-state index contributed by atoms with van der Waals surface area (Å²) in [7, 11) is 0. The molecule has 26 heavy (non-hydrogen) atoms. The Morgan fingerprint density at radius 3 is 2.38 bits per heavy atom. The van der Waals surface area contributed by atoms with Crippen molar-refractivity contribution in [2.24, 2.45) is 0 Å². The van der Waals surface area contributed by atoms with Crippen molar-refractivity contribution in [1.82, 2.24) is 5.32 Å². The van der Waals surface area contributed by atoms with E-state index in [1.54, 1.807) is 0 Å². The van der Waals surface area contributed by atoms with Crippen molar-refractivity contribution in [2.45, 2.75) is 6.04 Å². The number of carbonyl (C=O) groups is 2. The zero-order valence-electron chi connectivity index (χ0n) is 13.2. The van der Waals surface area contributed by atoms with Gasteiger partial charge in [0.15, 0.2) is 11.5 Å². The first-order valence-electron chi connectivity index (χ1n) is 7.43. The maximum absolute atomic E-state index is 12.4. The normalized spacial score (nSPS) is 11.8. The zero-order valence-corrected chi connectivity index (χ0v) is 13.2. The van der Waals surface area contributed by atoms with E-state index in [9.17, 15) is 29.7 Å². The van der Waals surface area contributed by atoms with E-state index in [2.05, 4.69) is 5.32 Å². The van der Waals surface area contributed by atoms with Crippen LogP contribution >= 0.6 is 0 Å². The maximum atomic E-state index is 12.4. The van der Waals surface area contributed by atoms with Crippen molar-refractivity contribution < 1.29 is 29.3 Å². The van der Waals surface area contributed by atoms with Gasteiger partial charge in [0.25, 0.3) is 5.91 Å². The van der Waals surface area contributed by atoms with Crippen LogP contribution in [-0.4, -0.2) is 27.5 Å². The van der Waals surface area contributed by atoms with Crippen molar-refractivity contribution in [2.75, 3.05) is 0 Å². The molecule has 0 aliphatic carbocycles. The fraction of sp³-hybridized carbons (Fsp3) is 0.0556. The minimum absolute atomic E-state index is 0.00274. The highest BCUT2D eigenvalue weighted by molar-refractivity contribution is 5.98. The Hall–Kier alpha value is -3.81. The van der Waals surface area contributed by atoms with Gasteiger partial charge >= 0.3 is 0 Å². The average Bonchev–Trinajstić information content (AvgIpc) is 2.62. The Balaban J connectivity index is 1.95.